The van der Waals surface area contributed by atoms with E-state index >= 15 is 0 Å². The second kappa shape index (κ2) is 3.15. The molecule has 0 unspecified atom stereocenters. The molecule has 1 rings (SSSR count). The molecule has 0 saturated heterocycles. The number of hydrogen-bond acceptors (Lipinski definition) is 3. The molecule has 53 valence electrons. The lowest BCUT2D eigenvalue weighted by molar-refractivity contribution is 0.925. The summed E-state index contributed by atoms with van der Waals surface area (Å²) in [7, 11) is 1.96. The van der Waals surface area contributed by atoms with Gasteiger partial charge in [0, 0.05) is 26.0 Å². The third-order valence-electron chi connectivity index (χ3n) is 1.34. The molecular formula is C7H10N3. The smallest absolute Gasteiger partial charge is 0.156 e. The van der Waals surface area contributed by atoms with Gasteiger partial charge >= 0.3 is 0 Å². The molecule has 0 spiro atoms. The van der Waals surface area contributed by atoms with Gasteiger partial charge in [0.15, 0.2) is 5.82 Å². The lowest BCUT2D eigenvalue weighted by atomic mass is 10.5. The van der Waals surface area contributed by atoms with E-state index in [2.05, 4.69) is 23.1 Å². The molecule has 1 aromatic rings. The molecule has 1 radical (unpaired) electrons. The van der Waals surface area contributed by atoms with Crippen molar-refractivity contribution in [2.45, 2.75) is 6.92 Å². The highest BCUT2D eigenvalue weighted by Crippen LogP contribution is 2.01. The van der Waals surface area contributed by atoms with Crippen LogP contribution in [0.3, 0.4) is 0 Å². The van der Waals surface area contributed by atoms with Crippen molar-refractivity contribution in [2.24, 2.45) is 0 Å². The Balaban J connectivity index is 2.75. The van der Waals surface area contributed by atoms with E-state index in [9.17, 15) is 0 Å². The fraction of sp³-hybridized carbons (Fsp3) is 0.429. The maximum Gasteiger partial charge on any atom is 0.156 e. The van der Waals surface area contributed by atoms with Crippen molar-refractivity contribution in [3.8, 4) is 0 Å². The maximum absolute atomic E-state index is 4.06. The third-order valence-corrected chi connectivity index (χ3v) is 1.34. The van der Waals surface area contributed by atoms with Crippen LogP contribution < -0.4 is 4.90 Å². The minimum atomic E-state index is 0.796. The first kappa shape index (κ1) is 6.99. The average molecular weight is 136 g/mol. The Morgan fingerprint density at radius 3 is 2.90 bits per heavy atom. The number of hydrogen-bond donors (Lipinski definition) is 0. The van der Waals surface area contributed by atoms with Crippen LogP contribution in [0, 0.1) is 6.20 Å². The van der Waals surface area contributed by atoms with Crippen LogP contribution in [0.5, 0.6) is 0 Å². The number of anilines is 1. The molecule has 10 heavy (non-hydrogen) atoms. The van der Waals surface area contributed by atoms with Gasteiger partial charge in [0.25, 0.3) is 0 Å². The summed E-state index contributed by atoms with van der Waals surface area (Å²) in [6.45, 7) is 2.98. The third kappa shape index (κ3) is 1.43. The summed E-state index contributed by atoms with van der Waals surface area (Å²) in [4.78, 5) is 9.86. The topological polar surface area (TPSA) is 29.0 Å². The first-order chi connectivity index (χ1) is 4.84. The van der Waals surface area contributed by atoms with Crippen molar-refractivity contribution in [3.05, 3.63) is 18.6 Å². The highest BCUT2D eigenvalue weighted by molar-refractivity contribution is 5.31. The molecule has 3 heteroatoms. The highest BCUT2D eigenvalue weighted by Gasteiger charge is 1.96. The lowest BCUT2D eigenvalue weighted by Gasteiger charge is -2.12. The van der Waals surface area contributed by atoms with Gasteiger partial charge in [0.1, 0.15) is 6.20 Å². The van der Waals surface area contributed by atoms with Crippen molar-refractivity contribution in [1.29, 1.82) is 0 Å². The Kier molecular flexibility index (Phi) is 2.20. The van der Waals surface area contributed by atoms with E-state index in [0.717, 1.165) is 12.4 Å². The van der Waals surface area contributed by atoms with Gasteiger partial charge in [-0.05, 0) is 6.92 Å². The summed E-state index contributed by atoms with van der Waals surface area (Å²) in [5.41, 5.74) is 0. The monoisotopic (exact) mass is 136 g/mol. The lowest BCUT2D eigenvalue weighted by Crippen LogP contribution is -2.17. The fourth-order valence-corrected chi connectivity index (χ4v) is 0.595. The number of nitrogens with zero attached hydrogens (tertiary/aromatic N) is 3. The molecule has 0 saturated carbocycles. The highest BCUT2D eigenvalue weighted by atomic mass is 15.2. The van der Waals surface area contributed by atoms with Gasteiger partial charge in [-0.25, -0.2) is 9.97 Å². The van der Waals surface area contributed by atoms with Crippen LogP contribution in [0.15, 0.2) is 12.4 Å². The van der Waals surface area contributed by atoms with Gasteiger partial charge in [0.05, 0.1) is 0 Å². The Morgan fingerprint density at radius 1 is 1.60 bits per heavy atom. The van der Waals surface area contributed by atoms with Gasteiger partial charge in [-0.1, -0.05) is 0 Å². The van der Waals surface area contributed by atoms with E-state index in [0.29, 0.717) is 0 Å². The zero-order chi connectivity index (χ0) is 7.40. The first-order valence-electron chi connectivity index (χ1n) is 3.24. The van der Waals surface area contributed by atoms with E-state index < -0.39 is 0 Å². The SMILES string of the molecule is CCN(C)c1[c]nccn1. The minimum absolute atomic E-state index is 0.796. The molecule has 0 amide bonds. The van der Waals surface area contributed by atoms with Crippen LogP contribution in [-0.2, 0) is 0 Å². The Labute approximate surface area is 60.7 Å². The van der Waals surface area contributed by atoms with Crippen molar-refractivity contribution in [2.75, 3.05) is 18.5 Å². The molecule has 0 bridgehead atoms. The van der Waals surface area contributed by atoms with Crippen molar-refractivity contribution in [3.63, 3.8) is 0 Å². The summed E-state index contributed by atoms with van der Waals surface area (Å²) >= 11 is 0. The molecule has 0 aliphatic carbocycles. The average Bonchev–Trinajstić information content (AvgIpc) is 2.05. The van der Waals surface area contributed by atoms with Gasteiger partial charge in [-0.3, -0.25) is 0 Å². The molecular weight excluding hydrogens is 126 g/mol. The van der Waals surface area contributed by atoms with Crippen LogP contribution in [-0.4, -0.2) is 23.6 Å². The van der Waals surface area contributed by atoms with Crippen LogP contribution in [0.2, 0.25) is 0 Å². The van der Waals surface area contributed by atoms with Crippen molar-refractivity contribution in [1.82, 2.24) is 9.97 Å². The summed E-state index contributed by atoms with van der Waals surface area (Å²) in [5, 5.41) is 0. The molecule has 1 heterocycles. The molecule has 1 aromatic heterocycles. The molecule has 3 nitrogen and oxygen atoms in total. The Bertz CT molecular complexity index is 185. The van der Waals surface area contributed by atoms with E-state index in [1.54, 1.807) is 12.4 Å². The van der Waals surface area contributed by atoms with E-state index in [1.165, 1.54) is 0 Å². The molecule has 0 aliphatic heterocycles. The predicted octanol–water partition coefficient (Wildman–Crippen LogP) is 0.733. The maximum atomic E-state index is 4.06. The van der Waals surface area contributed by atoms with Crippen LogP contribution >= 0.6 is 0 Å². The summed E-state index contributed by atoms with van der Waals surface area (Å²) in [5.74, 6) is 0.796. The normalized spacial score (nSPS) is 9.40. The Hall–Kier alpha value is -1.12. The molecule has 0 aliphatic rings. The second-order valence-corrected chi connectivity index (χ2v) is 2.01. The van der Waals surface area contributed by atoms with Crippen molar-refractivity contribution >= 4 is 5.82 Å². The van der Waals surface area contributed by atoms with E-state index in [4.69, 9.17) is 0 Å². The molecule has 0 N–H and O–H groups in total. The second-order valence-electron chi connectivity index (χ2n) is 2.01. The predicted molar refractivity (Wildman–Crippen MR) is 39.8 cm³/mol. The number of aromatic nitrogens is 2. The van der Waals surface area contributed by atoms with E-state index in [1.807, 2.05) is 11.9 Å². The van der Waals surface area contributed by atoms with Crippen molar-refractivity contribution < 1.29 is 0 Å². The summed E-state index contributed by atoms with van der Waals surface area (Å²) < 4.78 is 0. The minimum Gasteiger partial charge on any atom is -0.358 e. The summed E-state index contributed by atoms with van der Waals surface area (Å²) in [6, 6.07) is 0. The first-order valence-corrected chi connectivity index (χ1v) is 3.24. The number of rotatable bonds is 2. The molecule has 0 fully saturated rings. The zero-order valence-corrected chi connectivity index (χ0v) is 6.20. The summed E-state index contributed by atoms with van der Waals surface area (Å²) in [6.07, 6.45) is 6.07. The van der Waals surface area contributed by atoms with Gasteiger partial charge in [-0.15, -0.1) is 0 Å². The van der Waals surface area contributed by atoms with Gasteiger partial charge in [-0.2, -0.15) is 0 Å². The van der Waals surface area contributed by atoms with Gasteiger partial charge < -0.3 is 4.90 Å². The van der Waals surface area contributed by atoms with Crippen LogP contribution in [0.1, 0.15) is 6.92 Å². The molecule has 0 aromatic carbocycles. The quantitative estimate of drug-likeness (QED) is 0.600. The molecule has 0 atom stereocenters. The largest absolute Gasteiger partial charge is 0.358 e. The Morgan fingerprint density at radius 2 is 2.40 bits per heavy atom. The van der Waals surface area contributed by atoms with E-state index in [-0.39, 0.29) is 0 Å². The van der Waals surface area contributed by atoms with Gasteiger partial charge in [0.2, 0.25) is 0 Å². The standard InChI is InChI=1S/C7H10N3/c1-3-10(2)7-6-8-4-5-9-7/h4-5H,3H2,1-2H3. The van der Waals surface area contributed by atoms with Crippen LogP contribution in [0.4, 0.5) is 5.82 Å². The zero-order valence-electron chi connectivity index (χ0n) is 6.20. The fourth-order valence-electron chi connectivity index (χ4n) is 0.595. The van der Waals surface area contributed by atoms with Crippen LogP contribution in [0.25, 0.3) is 0 Å².